The molecule has 0 bridgehead atoms. The first kappa shape index (κ1) is 21.5. The predicted octanol–water partition coefficient (Wildman–Crippen LogP) is 3.68. The molecule has 6 heteroatoms. The number of ether oxygens (including phenoxy) is 1. The van der Waals surface area contributed by atoms with Crippen molar-refractivity contribution in [3.8, 4) is 5.75 Å². The minimum atomic E-state index is -1.09. The van der Waals surface area contributed by atoms with Gasteiger partial charge < -0.3 is 20.1 Å². The average Bonchev–Trinajstić information content (AvgIpc) is 2.98. The van der Waals surface area contributed by atoms with Crippen LogP contribution < -0.4 is 10.1 Å². The van der Waals surface area contributed by atoms with E-state index in [-0.39, 0.29) is 0 Å². The van der Waals surface area contributed by atoms with Gasteiger partial charge in [0.15, 0.2) is 0 Å². The average molecular weight is 336 g/mol. The van der Waals surface area contributed by atoms with E-state index in [1.165, 1.54) is 0 Å². The van der Waals surface area contributed by atoms with Gasteiger partial charge in [-0.1, -0.05) is 40.7 Å². The highest BCUT2D eigenvalue weighted by Gasteiger charge is 2.12. The number of carboxylic acid groups (broad SMARTS) is 1. The number of aliphatic carboxylic acids is 1. The smallest absolute Gasteiger partial charge is 0.322 e. The molecule has 0 saturated heterocycles. The quantitative estimate of drug-likeness (QED) is 0.794. The zero-order valence-electron chi connectivity index (χ0n) is 15.3. The number of carbonyl (C=O) groups excluding carboxylic acids is 1. The van der Waals surface area contributed by atoms with E-state index in [1.807, 2.05) is 19.9 Å². The van der Waals surface area contributed by atoms with Crippen molar-refractivity contribution >= 4 is 22.8 Å². The number of benzene rings is 1. The standard InChI is InChI=1S/C12H12N2O4.C4H10.C2H6/c1-18-10-4-2-3-8-7(10)5-9(14-8)12(17)13-6-11(15)16;1-4(2)3;1-2/h2-5,14H,6H2,1H3,(H,13,17)(H,15,16);4H,1-3H3;1-2H3. The fourth-order valence-corrected chi connectivity index (χ4v) is 1.68. The molecule has 1 heterocycles. The zero-order chi connectivity index (χ0) is 18.7. The number of aromatic nitrogens is 1. The second kappa shape index (κ2) is 11.1. The molecule has 0 atom stereocenters. The Morgan fingerprint density at radius 3 is 2.33 bits per heavy atom. The normalized spacial score (nSPS) is 9.46. The maximum atomic E-state index is 11.7. The van der Waals surface area contributed by atoms with E-state index in [1.54, 1.807) is 25.3 Å². The fraction of sp³-hybridized carbons (Fsp3) is 0.444. The van der Waals surface area contributed by atoms with E-state index in [4.69, 9.17) is 9.84 Å². The Balaban J connectivity index is 0.000000773. The van der Waals surface area contributed by atoms with E-state index < -0.39 is 18.4 Å². The van der Waals surface area contributed by atoms with Crippen LogP contribution in [0.2, 0.25) is 0 Å². The van der Waals surface area contributed by atoms with Crippen LogP contribution in [0.5, 0.6) is 5.75 Å². The molecule has 1 aromatic carbocycles. The van der Waals surface area contributed by atoms with Gasteiger partial charge in [-0.2, -0.15) is 0 Å². The summed E-state index contributed by atoms with van der Waals surface area (Å²) in [5, 5.41) is 11.6. The minimum Gasteiger partial charge on any atom is -0.496 e. The third-order valence-corrected chi connectivity index (χ3v) is 2.49. The molecule has 0 radical (unpaired) electrons. The number of hydrogen-bond acceptors (Lipinski definition) is 3. The molecule has 0 spiro atoms. The number of carboxylic acids is 1. The number of rotatable bonds is 4. The first-order valence-corrected chi connectivity index (χ1v) is 8.00. The molecule has 2 aromatic rings. The lowest BCUT2D eigenvalue weighted by molar-refractivity contribution is -0.135. The molecular weight excluding hydrogens is 308 g/mol. The topological polar surface area (TPSA) is 91.4 Å². The molecule has 6 nitrogen and oxygen atoms in total. The molecule has 0 aliphatic rings. The van der Waals surface area contributed by atoms with Gasteiger partial charge in [0.2, 0.25) is 0 Å². The summed E-state index contributed by atoms with van der Waals surface area (Å²) < 4.78 is 5.17. The van der Waals surface area contributed by atoms with Crippen LogP contribution in [0.4, 0.5) is 0 Å². The summed E-state index contributed by atoms with van der Waals surface area (Å²) in [6.07, 6.45) is 0. The maximum absolute atomic E-state index is 11.7. The van der Waals surface area contributed by atoms with Crippen molar-refractivity contribution in [3.05, 3.63) is 30.0 Å². The van der Waals surface area contributed by atoms with Crippen LogP contribution >= 0.6 is 0 Å². The summed E-state index contributed by atoms with van der Waals surface area (Å²) in [6.45, 7) is 10.1. The number of methoxy groups -OCH3 is 1. The van der Waals surface area contributed by atoms with Crippen LogP contribution in [0.3, 0.4) is 0 Å². The lowest BCUT2D eigenvalue weighted by atomic mass is 10.2. The summed E-state index contributed by atoms with van der Waals surface area (Å²) in [7, 11) is 1.55. The summed E-state index contributed by atoms with van der Waals surface area (Å²) >= 11 is 0. The third-order valence-electron chi connectivity index (χ3n) is 2.49. The van der Waals surface area contributed by atoms with E-state index in [2.05, 4.69) is 31.1 Å². The van der Waals surface area contributed by atoms with Gasteiger partial charge in [0.25, 0.3) is 5.91 Å². The number of fused-ring (bicyclic) bond motifs is 1. The molecule has 1 aromatic heterocycles. The second-order valence-electron chi connectivity index (χ2n) is 5.41. The summed E-state index contributed by atoms with van der Waals surface area (Å²) in [5.74, 6) is -0.0614. The molecule has 0 aliphatic heterocycles. The second-order valence-corrected chi connectivity index (χ2v) is 5.41. The number of amides is 1. The number of carbonyl (C=O) groups is 2. The molecule has 0 fully saturated rings. The van der Waals surface area contributed by atoms with E-state index in [0.717, 1.165) is 16.8 Å². The predicted molar refractivity (Wildman–Crippen MR) is 96.7 cm³/mol. The Morgan fingerprint density at radius 1 is 1.25 bits per heavy atom. The molecule has 0 aliphatic carbocycles. The van der Waals surface area contributed by atoms with E-state index in [9.17, 15) is 9.59 Å². The number of hydrogen-bond donors (Lipinski definition) is 3. The molecule has 0 unspecified atom stereocenters. The number of H-pyrrole nitrogens is 1. The van der Waals surface area contributed by atoms with Crippen molar-refractivity contribution in [3.63, 3.8) is 0 Å². The van der Waals surface area contributed by atoms with Crippen molar-refractivity contribution in [2.24, 2.45) is 5.92 Å². The van der Waals surface area contributed by atoms with Gasteiger partial charge in [-0.05, 0) is 24.1 Å². The number of nitrogens with one attached hydrogen (secondary N) is 2. The first-order valence-electron chi connectivity index (χ1n) is 8.00. The van der Waals surface area contributed by atoms with Crippen molar-refractivity contribution in [1.82, 2.24) is 10.3 Å². The largest absolute Gasteiger partial charge is 0.496 e. The first-order chi connectivity index (χ1) is 11.3. The van der Waals surface area contributed by atoms with Crippen molar-refractivity contribution in [2.45, 2.75) is 34.6 Å². The minimum absolute atomic E-state index is 0.302. The lowest BCUT2D eigenvalue weighted by Gasteiger charge is -1.99. The van der Waals surface area contributed by atoms with Crippen molar-refractivity contribution < 1.29 is 19.4 Å². The molecule has 2 rings (SSSR count). The van der Waals surface area contributed by atoms with Crippen LogP contribution in [0, 0.1) is 5.92 Å². The monoisotopic (exact) mass is 336 g/mol. The Labute approximate surface area is 143 Å². The Hall–Kier alpha value is -2.50. The third kappa shape index (κ3) is 7.17. The van der Waals surface area contributed by atoms with Crippen LogP contribution in [0.15, 0.2) is 24.3 Å². The highest BCUT2D eigenvalue weighted by Crippen LogP contribution is 2.25. The highest BCUT2D eigenvalue weighted by molar-refractivity contribution is 6.00. The van der Waals surface area contributed by atoms with Gasteiger partial charge in [0, 0.05) is 10.9 Å². The summed E-state index contributed by atoms with van der Waals surface area (Å²) in [5.41, 5.74) is 1.06. The molecular formula is C18H28N2O4. The van der Waals surface area contributed by atoms with Crippen LogP contribution in [-0.2, 0) is 4.79 Å². The SMILES string of the molecule is CC.CC(C)C.COc1cccc2[nH]c(C(=O)NCC(=O)O)cc12. The van der Waals surface area contributed by atoms with E-state index >= 15 is 0 Å². The summed E-state index contributed by atoms with van der Waals surface area (Å²) in [4.78, 5) is 24.9. The fourth-order valence-electron chi connectivity index (χ4n) is 1.68. The van der Waals surface area contributed by atoms with Gasteiger partial charge in [0.05, 0.1) is 7.11 Å². The van der Waals surface area contributed by atoms with Gasteiger partial charge in [-0.15, -0.1) is 0 Å². The van der Waals surface area contributed by atoms with Gasteiger partial charge in [-0.3, -0.25) is 9.59 Å². The summed E-state index contributed by atoms with van der Waals surface area (Å²) in [6, 6.07) is 7.03. The molecule has 24 heavy (non-hydrogen) atoms. The molecule has 1 amide bonds. The highest BCUT2D eigenvalue weighted by atomic mass is 16.5. The number of aromatic amines is 1. The lowest BCUT2D eigenvalue weighted by Crippen LogP contribution is -2.29. The van der Waals surface area contributed by atoms with Crippen LogP contribution in [-0.4, -0.2) is 35.6 Å². The maximum Gasteiger partial charge on any atom is 0.322 e. The van der Waals surface area contributed by atoms with E-state index in [0.29, 0.717) is 11.4 Å². The van der Waals surface area contributed by atoms with Crippen molar-refractivity contribution in [2.75, 3.05) is 13.7 Å². The Morgan fingerprint density at radius 2 is 1.83 bits per heavy atom. The molecule has 3 N–H and O–H groups in total. The zero-order valence-corrected chi connectivity index (χ0v) is 15.3. The Bertz CT molecular complexity index is 645. The van der Waals surface area contributed by atoms with Crippen molar-refractivity contribution in [1.29, 1.82) is 0 Å². The van der Waals surface area contributed by atoms with Gasteiger partial charge in [0.1, 0.15) is 18.0 Å². The van der Waals surface area contributed by atoms with Gasteiger partial charge >= 0.3 is 5.97 Å². The Kier molecular flexibility index (Phi) is 9.94. The van der Waals surface area contributed by atoms with Gasteiger partial charge in [-0.25, -0.2) is 0 Å². The molecule has 134 valence electrons. The van der Waals surface area contributed by atoms with Crippen LogP contribution in [0.25, 0.3) is 10.9 Å². The molecule has 0 saturated carbocycles. The van der Waals surface area contributed by atoms with Crippen LogP contribution in [0.1, 0.15) is 45.1 Å².